The van der Waals surface area contributed by atoms with Crippen molar-refractivity contribution in [2.45, 2.75) is 43.9 Å². The van der Waals surface area contributed by atoms with E-state index in [4.69, 9.17) is 9.47 Å². The normalized spacial score (nSPS) is 32.5. The van der Waals surface area contributed by atoms with Gasteiger partial charge < -0.3 is 14.4 Å². The third-order valence-electron chi connectivity index (χ3n) is 5.03. The minimum absolute atomic E-state index is 0.360. The van der Waals surface area contributed by atoms with Crippen molar-refractivity contribution in [3.05, 3.63) is 0 Å². The predicted molar refractivity (Wildman–Crippen MR) is 80.5 cm³/mol. The Bertz CT molecular complexity index is 414. The Labute approximate surface area is 131 Å². The second-order valence-electron chi connectivity index (χ2n) is 6.91. The van der Waals surface area contributed by atoms with E-state index in [-0.39, 0.29) is 5.91 Å². The van der Waals surface area contributed by atoms with Crippen molar-refractivity contribution in [1.82, 2.24) is 9.80 Å². The maximum atomic E-state index is 14.5. The molecule has 3 rings (SSSR count). The molecule has 1 amide bonds. The van der Waals surface area contributed by atoms with Crippen LogP contribution >= 0.6 is 0 Å². The summed E-state index contributed by atoms with van der Waals surface area (Å²) in [5.41, 5.74) is -2.14. The Morgan fingerprint density at radius 1 is 1.23 bits per heavy atom. The molecule has 3 aliphatic rings. The van der Waals surface area contributed by atoms with Crippen molar-refractivity contribution in [2.75, 3.05) is 52.5 Å². The molecule has 1 unspecified atom stereocenters. The number of morpholine rings is 1. The molecule has 5 nitrogen and oxygen atoms in total. The van der Waals surface area contributed by atoms with Crippen molar-refractivity contribution < 1.29 is 18.7 Å². The molecular weight excluding hydrogens is 287 g/mol. The zero-order valence-corrected chi connectivity index (χ0v) is 13.5. The van der Waals surface area contributed by atoms with E-state index in [2.05, 4.69) is 11.8 Å². The number of alkyl halides is 1. The number of nitrogens with zero attached hydrogens (tertiary/aromatic N) is 2. The zero-order valence-electron chi connectivity index (χ0n) is 13.5. The number of halogens is 1. The summed E-state index contributed by atoms with van der Waals surface area (Å²) in [6, 6.07) is 0. The summed E-state index contributed by atoms with van der Waals surface area (Å²) in [6.07, 6.45) is 2.61. The highest BCUT2D eigenvalue weighted by atomic mass is 19.1. The number of amides is 1. The summed E-state index contributed by atoms with van der Waals surface area (Å²) in [6.45, 7) is 7.34. The molecule has 2 saturated heterocycles. The molecule has 0 aromatic carbocycles. The molecule has 0 N–H and O–H groups in total. The fourth-order valence-electron chi connectivity index (χ4n) is 3.68. The largest absolute Gasteiger partial charge is 0.376 e. The monoisotopic (exact) mass is 314 g/mol. The van der Waals surface area contributed by atoms with Gasteiger partial charge in [0.15, 0.2) is 5.67 Å². The van der Waals surface area contributed by atoms with Crippen LogP contribution in [0.3, 0.4) is 0 Å². The van der Waals surface area contributed by atoms with Crippen LogP contribution in [0.5, 0.6) is 0 Å². The lowest BCUT2D eigenvalue weighted by atomic mass is 9.80. The van der Waals surface area contributed by atoms with E-state index >= 15 is 0 Å². The van der Waals surface area contributed by atoms with Gasteiger partial charge in [0.1, 0.15) is 5.60 Å². The van der Waals surface area contributed by atoms with Gasteiger partial charge in [-0.05, 0) is 32.2 Å². The Balaban J connectivity index is 1.70. The van der Waals surface area contributed by atoms with Crippen molar-refractivity contribution >= 4 is 5.91 Å². The first-order valence-electron chi connectivity index (χ1n) is 8.49. The standard InChI is InChI=1S/C16H27FN2O3/c1-2-6-18-7-10-22-15(11-18)12-19(8-9-21-13-15)14(20)16(17)4-3-5-16/h2-13H2,1H3. The van der Waals surface area contributed by atoms with Crippen molar-refractivity contribution in [3.63, 3.8) is 0 Å². The second-order valence-corrected chi connectivity index (χ2v) is 6.91. The summed E-state index contributed by atoms with van der Waals surface area (Å²) in [4.78, 5) is 16.5. The number of rotatable bonds is 3. The maximum Gasteiger partial charge on any atom is 0.260 e. The lowest BCUT2D eigenvalue weighted by Crippen LogP contribution is -2.61. The van der Waals surface area contributed by atoms with Crippen LogP contribution in [0.2, 0.25) is 0 Å². The van der Waals surface area contributed by atoms with Crippen LogP contribution < -0.4 is 0 Å². The Hall–Kier alpha value is -0.720. The van der Waals surface area contributed by atoms with E-state index in [1.54, 1.807) is 4.90 Å². The van der Waals surface area contributed by atoms with E-state index in [9.17, 15) is 9.18 Å². The molecule has 3 fully saturated rings. The van der Waals surface area contributed by atoms with Crippen LogP contribution in [0.4, 0.5) is 4.39 Å². The van der Waals surface area contributed by atoms with Crippen LogP contribution in [0.1, 0.15) is 32.6 Å². The van der Waals surface area contributed by atoms with Crippen molar-refractivity contribution in [3.8, 4) is 0 Å². The van der Waals surface area contributed by atoms with Crippen molar-refractivity contribution in [1.29, 1.82) is 0 Å². The Morgan fingerprint density at radius 3 is 2.73 bits per heavy atom. The van der Waals surface area contributed by atoms with Gasteiger partial charge in [-0.15, -0.1) is 0 Å². The third kappa shape index (κ3) is 3.14. The SMILES string of the molecule is CCCN1CCOC2(COCCN(C(=O)C3(F)CCC3)C2)C1. The minimum Gasteiger partial charge on any atom is -0.376 e. The number of carbonyl (C=O) groups excluding carboxylic acids is 1. The molecule has 1 spiro atoms. The summed E-state index contributed by atoms with van der Waals surface area (Å²) >= 11 is 0. The molecule has 0 aromatic rings. The minimum atomic E-state index is -1.64. The highest BCUT2D eigenvalue weighted by molar-refractivity contribution is 5.86. The van der Waals surface area contributed by atoms with Crippen LogP contribution in [0.15, 0.2) is 0 Å². The highest BCUT2D eigenvalue weighted by Gasteiger charge is 2.49. The molecule has 0 bridgehead atoms. The van der Waals surface area contributed by atoms with Crippen LogP contribution in [0.25, 0.3) is 0 Å². The molecule has 0 aromatic heterocycles. The van der Waals surface area contributed by atoms with Gasteiger partial charge in [0.25, 0.3) is 5.91 Å². The average Bonchev–Trinajstić information content (AvgIpc) is 2.67. The van der Waals surface area contributed by atoms with Gasteiger partial charge in [0, 0.05) is 19.6 Å². The molecule has 22 heavy (non-hydrogen) atoms. The van der Waals surface area contributed by atoms with E-state index < -0.39 is 11.3 Å². The first kappa shape index (κ1) is 16.1. The van der Waals surface area contributed by atoms with E-state index in [1.807, 2.05) is 0 Å². The fourth-order valence-corrected chi connectivity index (χ4v) is 3.68. The highest BCUT2D eigenvalue weighted by Crippen LogP contribution is 2.38. The van der Waals surface area contributed by atoms with Gasteiger partial charge >= 0.3 is 0 Å². The predicted octanol–water partition coefficient (Wildman–Crippen LogP) is 1.22. The van der Waals surface area contributed by atoms with E-state index in [1.165, 1.54) is 0 Å². The number of hydrogen-bond acceptors (Lipinski definition) is 4. The number of ether oxygens (including phenoxy) is 2. The molecule has 2 aliphatic heterocycles. The molecule has 2 heterocycles. The number of carbonyl (C=O) groups is 1. The van der Waals surface area contributed by atoms with Gasteiger partial charge in [-0.1, -0.05) is 6.92 Å². The van der Waals surface area contributed by atoms with Crippen molar-refractivity contribution in [2.24, 2.45) is 0 Å². The molecule has 126 valence electrons. The first-order valence-corrected chi connectivity index (χ1v) is 8.49. The third-order valence-corrected chi connectivity index (χ3v) is 5.03. The van der Waals surface area contributed by atoms with E-state index in [0.717, 1.165) is 32.5 Å². The lowest BCUT2D eigenvalue weighted by molar-refractivity contribution is -0.162. The zero-order chi connectivity index (χ0) is 15.6. The quantitative estimate of drug-likeness (QED) is 0.785. The molecule has 1 atom stereocenters. The molecular formula is C16H27FN2O3. The summed E-state index contributed by atoms with van der Waals surface area (Å²) in [5, 5.41) is 0. The lowest BCUT2D eigenvalue weighted by Gasteiger charge is -2.44. The topological polar surface area (TPSA) is 42.0 Å². The summed E-state index contributed by atoms with van der Waals surface area (Å²) in [7, 11) is 0. The smallest absolute Gasteiger partial charge is 0.260 e. The average molecular weight is 314 g/mol. The number of hydrogen-bond donors (Lipinski definition) is 0. The van der Waals surface area contributed by atoms with Gasteiger partial charge in [0.05, 0.1) is 26.4 Å². The Kier molecular flexibility index (Phi) is 4.71. The van der Waals surface area contributed by atoms with Crippen LogP contribution in [-0.2, 0) is 14.3 Å². The van der Waals surface area contributed by atoms with Gasteiger partial charge in [-0.3, -0.25) is 9.69 Å². The summed E-state index contributed by atoms with van der Waals surface area (Å²) in [5.74, 6) is -0.361. The second kappa shape index (κ2) is 6.42. The van der Waals surface area contributed by atoms with Crippen LogP contribution in [-0.4, -0.2) is 79.5 Å². The maximum absolute atomic E-state index is 14.5. The van der Waals surface area contributed by atoms with Crippen LogP contribution in [0, 0.1) is 0 Å². The molecule has 1 aliphatic carbocycles. The molecule has 6 heteroatoms. The fraction of sp³-hybridized carbons (Fsp3) is 0.938. The van der Waals surface area contributed by atoms with Gasteiger partial charge in [-0.25, -0.2) is 4.39 Å². The Morgan fingerprint density at radius 2 is 2.05 bits per heavy atom. The molecule has 1 saturated carbocycles. The van der Waals surface area contributed by atoms with E-state index in [0.29, 0.717) is 45.8 Å². The molecule has 0 radical (unpaired) electrons. The summed E-state index contributed by atoms with van der Waals surface area (Å²) < 4.78 is 26.2. The van der Waals surface area contributed by atoms with Gasteiger partial charge in [0.2, 0.25) is 0 Å². The van der Waals surface area contributed by atoms with Gasteiger partial charge in [-0.2, -0.15) is 0 Å². The first-order chi connectivity index (χ1) is 10.6.